The second-order valence-electron chi connectivity index (χ2n) is 7.27. The van der Waals surface area contributed by atoms with Gasteiger partial charge in [0.05, 0.1) is 5.92 Å². The number of halogens is 2. The molecule has 0 aliphatic carbocycles. The Kier molecular flexibility index (Phi) is 4.86. The molecule has 11 heteroatoms. The first-order valence-corrected chi connectivity index (χ1v) is 11.0. The molecule has 0 amide bonds. The van der Waals surface area contributed by atoms with Crippen molar-refractivity contribution < 1.29 is 31.1 Å². The number of ether oxygens (including phenoxy) is 2. The van der Waals surface area contributed by atoms with Crippen molar-refractivity contribution in [1.29, 1.82) is 0 Å². The Hall–Kier alpha value is -3.05. The van der Waals surface area contributed by atoms with Crippen LogP contribution >= 0.6 is 0 Å². The Morgan fingerprint density at radius 1 is 1.03 bits per heavy atom. The van der Waals surface area contributed by atoms with Crippen molar-refractivity contribution in [2.24, 2.45) is 0 Å². The van der Waals surface area contributed by atoms with Gasteiger partial charge in [-0.05, 0) is 43.2 Å². The number of sulfonamides is 1. The van der Waals surface area contributed by atoms with Gasteiger partial charge in [-0.25, -0.2) is 17.2 Å². The number of hydrogen-bond acceptors (Lipinski definition) is 7. The summed E-state index contributed by atoms with van der Waals surface area (Å²) in [5.74, 6) is -0.922. The molecule has 0 radical (unpaired) electrons. The fourth-order valence-corrected chi connectivity index (χ4v) is 5.40. The van der Waals surface area contributed by atoms with E-state index >= 15 is 0 Å². The first kappa shape index (κ1) is 19.9. The lowest BCUT2D eigenvalue weighted by Crippen LogP contribution is -2.39. The van der Waals surface area contributed by atoms with Crippen LogP contribution in [0.25, 0.3) is 11.5 Å². The minimum Gasteiger partial charge on any atom is -0.454 e. The Balaban J connectivity index is 1.39. The smallest absolute Gasteiger partial charge is 0.248 e. The molecule has 1 aromatic heterocycles. The van der Waals surface area contributed by atoms with Crippen molar-refractivity contribution >= 4 is 10.0 Å². The molecule has 3 aromatic rings. The first-order valence-electron chi connectivity index (χ1n) is 9.61. The van der Waals surface area contributed by atoms with Crippen molar-refractivity contribution in [3.63, 3.8) is 0 Å². The molecule has 0 N–H and O–H groups in total. The van der Waals surface area contributed by atoms with E-state index in [9.17, 15) is 17.2 Å². The number of benzene rings is 2. The Morgan fingerprint density at radius 2 is 1.81 bits per heavy atom. The van der Waals surface area contributed by atoms with Crippen molar-refractivity contribution in [1.82, 2.24) is 14.5 Å². The molecule has 0 saturated carbocycles. The summed E-state index contributed by atoms with van der Waals surface area (Å²) in [5.41, 5.74) is 0.636. The van der Waals surface area contributed by atoms with E-state index in [2.05, 4.69) is 10.2 Å². The standard InChI is InChI=1S/C20H17F2N3O5S/c21-14-4-1-5-15(22)18(14)31(26,27)25-8-2-3-13(10-25)20-24-23-19(30-20)12-6-7-16-17(9-12)29-11-28-16/h1,4-7,9,13H,2-3,8,10-11H2. The number of fused-ring (bicyclic) bond motifs is 1. The van der Waals surface area contributed by atoms with Crippen LogP contribution in [0.15, 0.2) is 45.7 Å². The summed E-state index contributed by atoms with van der Waals surface area (Å²) in [7, 11) is -4.35. The van der Waals surface area contributed by atoms with Crippen molar-refractivity contribution in [3.8, 4) is 23.0 Å². The highest BCUT2D eigenvalue weighted by molar-refractivity contribution is 7.89. The Morgan fingerprint density at radius 3 is 2.61 bits per heavy atom. The van der Waals surface area contributed by atoms with Gasteiger partial charge in [0.25, 0.3) is 0 Å². The number of piperidine rings is 1. The molecule has 8 nitrogen and oxygen atoms in total. The van der Waals surface area contributed by atoms with Gasteiger partial charge in [-0.2, -0.15) is 4.31 Å². The molecule has 1 saturated heterocycles. The number of aromatic nitrogens is 2. The molecule has 1 fully saturated rings. The van der Waals surface area contributed by atoms with Crippen LogP contribution in [0, 0.1) is 11.6 Å². The van der Waals surface area contributed by atoms with Crippen LogP contribution < -0.4 is 9.47 Å². The number of rotatable bonds is 4. The second-order valence-corrected chi connectivity index (χ2v) is 9.14. The van der Waals surface area contributed by atoms with Crippen molar-refractivity contribution in [2.75, 3.05) is 19.9 Å². The van der Waals surface area contributed by atoms with Crippen LogP contribution in [0.2, 0.25) is 0 Å². The van der Waals surface area contributed by atoms with E-state index in [-0.39, 0.29) is 31.7 Å². The fourth-order valence-electron chi connectivity index (χ4n) is 3.77. The van der Waals surface area contributed by atoms with E-state index in [1.54, 1.807) is 18.2 Å². The molecule has 5 rings (SSSR count). The summed E-state index contributed by atoms with van der Waals surface area (Å²) in [6, 6.07) is 8.18. The SMILES string of the molecule is O=S(=O)(c1c(F)cccc1F)N1CCCC(c2nnc(-c3ccc4c(c3)OCO4)o2)C1. The summed E-state index contributed by atoms with van der Waals surface area (Å²) in [5, 5.41) is 8.14. The van der Waals surface area contributed by atoms with Crippen LogP contribution in [0.3, 0.4) is 0 Å². The largest absolute Gasteiger partial charge is 0.454 e. The molecule has 1 unspecified atom stereocenters. The quantitative estimate of drug-likeness (QED) is 0.603. The highest BCUT2D eigenvalue weighted by Crippen LogP contribution is 2.37. The maximum atomic E-state index is 14.1. The highest BCUT2D eigenvalue weighted by Gasteiger charge is 2.36. The lowest BCUT2D eigenvalue weighted by molar-refractivity contribution is 0.174. The van der Waals surface area contributed by atoms with Gasteiger partial charge < -0.3 is 13.9 Å². The van der Waals surface area contributed by atoms with E-state index in [0.717, 1.165) is 22.5 Å². The minimum atomic E-state index is -4.35. The van der Waals surface area contributed by atoms with Crippen molar-refractivity contribution in [2.45, 2.75) is 23.7 Å². The van der Waals surface area contributed by atoms with E-state index in [0.29, 0.717) is 29.9 Å². The zero-order chi connectivity index (χ0) is 21.6. The second kappa shape index (κ2) is 7.57. The molecule has 0 spiro atoms. The van der Waals surface area contributed by atoms with Gasteiger partial charge in [-0.1, -0.05) is 6.07 Å². The third kappa shape index (κ3) is 3.53. The van der Waals surface area contributed by atoms with E-state index in [1.165, 1.54) is 0 Å². The summed E-state index contributed by atoms with van der Waals surface area (Å²) < 4.78 is 71.5. The van der Waals surface area contributed by atoms with Crippen LogP contribution in [0.5, 0.6) is 11.5 Å². The zero-order valence-electron chi connectivity index (χ0n) is 16.1. The van der Waals surface area contributed by atoms with E-state index in [4.69, 9.17) is 13.9 Å². The average Bonchev–Trinajstić information content (AvgIpc) is 3.43. The topological polar surface area (TPSA) is 94.8 Å². The van der Waals surface area contributed by atoms with Gasteiger partial charge in [0, 0.05) is 18.7 Å². The fraction of sp³-hybridized carbons (Fsp3) is 0.300. The van der Waals surface area contributed by atoms with E-state index < -0.39 is 32.5 Å². The molecular formula is C20H17F2N3O5S. The van der Waals surface area contributed by atoms with Crippen LogP contribution in [0.1, 0.15) is 24.7 Å². The normalized spacial score (nSPS) is 19.0. The van der Waals surface area contributed by atoms with Crippen LogP contribution in [-0.4, -0.2) is 42.8 Å². The maximum Gasteiger partial charge on any atom is 0.248 e. The first-order chi connectivity index (χ1) is 14.9. The molecule has 2 aromatic carbocycles. The minimum absolute atomic E-state index is 0.0150. The van der Waals surface area contributed by atoms with Crippen LogP contribution in [0.4, 0.5) is 8.78 Å². The molecule has 3 heterocycles. The third-order valence-electron chi connectivity index (χ3n) is 5.31. The number of hydrogen-bond donors (Lipinski definition) is 0. The molecular weight excluding hydrogens is 432 g/mol. The van der Waals surface area contributed by atoms with Gasteiger partial charge in [0.2, 0.25) is 28.6 Å². The predicted molar refractivity (Wildman–Crippen MR) is 103 cm³/mol. The Bertz CT molecular complexity index is 1230. The van der Waals surface area contributed by atoms with Crippen molar-refractivity contribution in [3.05, 3.63) is 53.9 Å². The van der Waals surface area contributed by atoms with Gasteiger partial charge in [-0.15, -0.1) is 10.2 Å². The molecule has 31 heavy (non-hydrogen) atoms. The van der Waals surface area contributed by atoms with Gasteiger partial charge in [0.1, 0.15) is 11.6 Å². The average molecular weight is 449 g/mol. The zero-order valence-corrected chi connectivity index (χ0v) is 16.9. The maximum absolute atomic E-state index is 14.1. The number of nitrogens with zero attached hydrogens (tertiary/aromatic N) is 3. The third-order valence-corrected chi connectivity index (χ3v) is 7.23. The molecule has 0 bridgehead atoms. The lowest BCUT2D eigenvalue weighted by Gasteiger charge is -2.30. The summed E-state index contributed by atoms with van der Waals surface area (Å²) in [4.78, 5) is -0.942. The van der Waals surface area contributed by atoms with E-state index in [1.807, 2.05) is 0 Å². The molecule has 2 aliphatic rings. The van der Waals surface area contributed by atoms with Gasteiger partial charge in [0.15, 0.2) is 16.4 Å². The van der Waals surface area contributed by atoms with Gasteiger partial charge >= 0.3 is 0 Å². The van der Waals surface area contributed by atoms with Crippen LogP contribution in [-0.2, 0) is 10.0 Å². The summed E-state index contributed by atoms with van der Waals surface area (Å²) in [6.07, 6.45) is 1.09. The van der Waals surface area contributed by atoms with Gasteiger partial charge in [-0.3, -0.25) is 0 Å². The highest BCUT2D eigenvalue weighted by atomic mass is 32.2. The lowest BCUT2D eigenvalue weighted by atomic mass is 10.00. The monoisotopic (exact) mass is 449 g/mol. The molecule has 2 aliphatic heterocycles. The molecule has 162 valence electrons. The Labute approximate surface area is 176 Å². The molecule has 1 atom stereocenters. The summed E-state index contributed by atoms with van der Waals surface area (Å²) >= 11 is 0. The summed E-state index contributed by atoms with van der Waals surface area (Å²) in [6.45, 7) is 0.275. The predicted octanol–water partition coefficient (Wildman–Crippen LogP) is 3.31.